The summed E-state index contributed by atoms with van der Waals surface area (Å²) >= 11 is 0. The van der Waals surface area contributed by atoms with Gasteiger partial charge in [0.05, 0.1) is 0 Å². The van der Waals surface area contributed by atoms with E-state index in [4.69, 9.17) is 0 Å². The Morgan fingerprint density at radius 2 is 2.57 bits per heavy atom. The first-order valence-electron chi connectivity index (χ1n) is 5.15. The first-order valence-corrected chi connectivity index (χ1v) is 5.15. The predicted octanol–water partition coefficient (Wildman–Crippen LogP) is 0.453. The van der Waals surface area contributed by atoms with E-state index < -0.39 is 6.10 Å². The summed E-state index contributed by atoms with van der Waals surface area (Å²) < 4.78 is 1.89. The smallest absolute Gasteiger partial charge is 0.137 e. The Balaban J connectivity index is 2.07. The molecule has 2 atom stereocenters. The molecule has 1 aliphatic heterocycles. The van der Waals surface area contributed by atoms with Crippen LogP contribution in [0.25, 0.3) is 0 Å². The number of imidazole rings is 1. The van der Waals surface area contributed by atoms with Crippen molar-refractivity contribution in [3.8, 4) is 0 Å². The first-order chi connectivity index (χ1) is 6.79. The van der Waals surface area contributed by atoms with Gasteiger partial charge in [0, 0.05) is 31.9 Å². The number of aryl methyl sites for hydroxylation is 1. The van der Waals surface area contributed by atoms with Gasteiger partial charge in [0.2, 0.25) is 0 Å². The lowest BCUT2D eigenvalue weighted by molar-refractivity contribution is 0.0819. The van der Waals surface area contributed by atoms with Crippen molar-refractivity contribution in [3.63, 3.8) is 0 Å². The van der Waals surface area contributed by atoms with Crippen molar-refractivity contribution >= 4 is 0 Å². The monoisotopic (exact) mass is 195 g/mol. The van der Waals surface area contributed by atoms with E-state index in [9.17, 15) is 5.11 Å². The third-order valence-electron chi connectivity index (χ3n) is 2.90. The van der Waals surface area contributed by atoms with Crippen molar-refractivity contribution in [2.45, 2.75) is 18.9 Å². The fourth-order valence-corrected chi connectivity index (χ4v) is 2.02. The summed E-state index contributed by atoms with van der Waals surface area (Å²) in [6.45, 7) is 1.97. The molecular formula is C10H17N3O. The molecule has 0 aromatic carbocycles. The minimum Gasteiger partial charge on any atom is -0.385 e. The Bertz CT molecular complexity index is 291. The fraction of sp³-hybridized carbons (Fsp3) is 0.700. The molecule has 4 nitrogen and oxygen atoms in total. The lowest BCUT2D eigenvalue weighted by Gasteiger charge is -2.26. The van der Waals surface area contributed by atoms with Crippen LogP contribution in [0.4, 0.5) is 0 Å². The highest BCUT2D eigenvalue weighted by Gasteiger charge is 2.25. The Morgan fingerprint density at radius 3 is 3.14 bits per heavy atom. The van der Waals surface area contributed by atoms with Gasteiger partial charge in [0.25, 0.3) is 0 Å². The van der Waals surface area contributed by atoms with Gasteiger partial charge in [-0.3, -0.25) is 0 Å². The van der Waals surface area contributed by atoms with Crippen molar-refractivity contribution in [1.29, 1.82) is 0 Å². The van der Waals surface area contributed by atoms with Gasteiger partial charge >= 0.3 is 0 Å². The summed E-state index contributed by atoms with van der Waals surface area (Å²) in [6, 6.07) is 0. The number of piperidine rings is 1. The largest absolute Gasteiger partial charge is 0.385 e. The van der Waals surface area contributed by atoms with Crippen molar-refractivity contribution in [2.24, 2.45) is 13.0 Å². The maximum absolute atomic E-state index is 10.1. The van der Waals surface area contributed by atoms with E-state index >= 15 is 0 Å². The van der Waals surface area contributed by atoms with Crippen LogP contribution in [-0.4, -0.2) is 27.7 Å². The molecule has 1 aliphatic rings. The number of aliphatic hydroxyl groups excluding tert-OH is 1. The van der Waals surface area contributed by atoms with E-state index in [-0.39, 0.29) is 0 Å². The highest BCUT2D eigenvalue weighted by atomic mass is 16.3. The SMILES string of the molecule is Cn1ccnc1C(O)C1CCCNC1. The van der Waals surface area contributed by atoms with Crippen molar-refractivity contribution in [1.82, 2.24) is 14.9 Å². The van der Waals surface area contributed by atoms with Crippen LogP contribution in [0.1, 0.15) is 24.8 Å². The van der Waals surface area contributed by atoms with Gasteiger partial charge in [0.1, 0.15) is 11.9 Å². The predicted molar refractivity (Wildman–Crippen MR) is 53.8 cm³/mol. The summed E-state index contributed by atoms with van der Waals surface area (Å²) in [4.78, 5) is 4.18. The molecule has 4 heteroatoms. The third kappa shape index (κ3) is 1.81. The minimum atomic E-state index is -0.428. The van der Waals surface area contributed by atoms with E-state index in [0.29, 0.717) is 5.92 Å². The van der Waals surface area contributed by atoms with Gasteiger partial charge < -0.3 is 15.0 Å². The van der Waals surface area contributed by atoms with Crippen molar-refractivity contribution in [3.05, 3.63) is 18.2 Å². The molecule has 2 N–H and O–H groups in total. The standard InChI is InChI=1S/C10H17N3O/c1-13-6-5-12-10(13)9(14)8-3-2-4-11-7-8/h5-6,8-9,11,14H,2-4,7H2,1H3. The lowest BCUT2D eigenvalue weighted by atomic mass is 9.93. The number of nitrogens with one attached hydrogen (secondary N) is 1. The summed E-state index contributed by atoms with van der Waals surface area (Å²) in [5.74, 6) is 1.09. The molecular weight excluding hydrogens is 178 g/mol. The summed E-state index contributed by atoms with van der Waals surface area (Å²) in [5, 5.41) is 13.4. The van der Waals surface area contributed by atoms with E-state index in [1.807, 2.05) is 17.8 Å². The summed E-state index contributed by atoms with van der Waals surface area (Å²) in [5.41, 5.74) is 0. The molecule has 1 saturated heterocycles. The number of hydrogen-bond acceptors (Lipinski definition) is 3. The molecule has 2 unspecified atom stereocenters. The molecule has 0 amide bonds. The normalized spacial score (nSPS) is 24.9. The summed E-state index contributed by atoms with van der Waals surface area (Å²) in [7, 11) is 1.92. The van der Waals surface area contributed by atoms with Crippen LogP contribution in [0.5, 0.6) is 0 Å². The van der Waals surface area contributed by atoms with Gasteiger partial charge in [0.15, 0.2) is 0 Å². The van der Waals surface area contributed by atoms with Gasteiger partial charge in [-0.25, -0.2) is 4.98 Å². The summed E-state index contributed by atoms with van der Waals surface area (Å²) in [6.07, 6.45) is 5.40. The molecule has 0 saturated carbocycles. The van der Waals surface area contributed by atoms with E-state index in [2.05, 4.69) is 10.3 Å². The molecule has 0 bridgehead atoms. The highest BCUT2D eigenvalue weighted by Crippen LogP contribution is 2.25. The van der Waals surface area contributed by atoms with E-state index in [1.54, 1.807) is 6.20 Å². The van der Waals surface area contributed by atoms with Crippen molar-refractivity contribution in [2.75, 3.05) is 13.1 Å². The van der Waals surface area contributed by atoms with Gasteiger partial charge in [-0.2, -0.15) is 0 Å². The average Bonchev–Trinajstić information content (AvgIpc) is 2.65. The van der Waals surface area contributed by atoms with Crippen LogP contribution in [0.3, 0.4) is 0 Å². The molecule has 2 rings (SSSR count). The molecule has 78 valence electrons. The molecule has 2 heterocycles. The van der Waals surface area contributed by atoms with Crippen LogP contribution in [0.15, 0.2) is 12.4 Å². The highest BCUT2D eigenvalue weighted by molar-refractivity contribution is 4.98. The van der Waals surface area contributed by atoms with Gasteiger partial charge in [-0.05, 0) is 19.4 Å². The molecule has 1 fully saturated rings. The van der Waals surface area contributed by atoms with Crippen LogP contribution in [-0.2, 0) is 7.05 Å². The zero-order chi connectivity index (χ0) is 9.97. The van der Waals surface area contributed by atoms with E-state index in [0.717, 1.165) is 31.8 Å². The molecule has 0 radical (unpaired) electrons. The minimum absolute atomic E-state index is 0.310. The van der Waals surface area contributed by atoms with Crippen LogP contribution < -0.4 is 5.32 Å². The molecule has 1 aromatic rings. The number of rotatable bonds is 2. The second-order valence-corrected chi connectivity index (χ2v) is 3.95. The Labute approximate surface area is 84.0 Å². The van der Waals surface area contributed by atoms with Gasteiger partial charge in [-0.1, -0.05) is 0 Å². The second kappa shape index (κ2) is 4.11. The quantitative estimate of drug-likeness (QED) is 0.720. The van der Waals surface area contributed by atoms with Crippen LogP contribution in [0.2, 0.25) is 0 Å². The number of hydrogen-bond donors (Lipinski definition) is 2. The second-order valence-electron chi connectivity index (χ2n) is 3.95. The third-order valence-corrected chi connectivity index (χ3v) is 2.90. The fourth-order valence-electron chi connectivity index (χ4n) is 2.02. The topological polar surface area (TPSA) is 50.1 Å². The molecule has 0 aliphatic carbocycles. The Morgan fingerprint density at radius 1 is 1.71 bits per heavy atom. The van der Waals surface area contributed by atoms with Crippen molar-refractivity contribution < 1.29 is 5.11 Å². The zero-order valence-electron chi connectivity index (χ0n) is 8.48. The lowest BCUT2D eigenvalue weighted by Crippen LogP contribution is -2.34. The Kier molecular flexibility index (Phi) is 2.84. The number of aliphatic hydroxyl groups is 1. The molecule has 0 spiro atoms. The number of aromatic nitrogens is 2. The van der Waals surface area contributed by atoms with E-state index in [1.165, 1.54) is 0 Å². The Hall–Kier alpha value is -0.870. The molecule has 14 heavy (non-hydrogen) atoms. The maximum atomic E-state index is 10.1. The van der Waals surface area contributed by atoms with Crippen LogP contribution >= 0.6 is 0 Å². The average molecular weight is 195 g/mol. The number of nitrogens with zero attached hydrogens (tertiary/aromatic N) is 2. The van der Waals surface area contributed by atoms with Gasteiger partial charge in [-0.15, -0.1) is 0 Å². The maximum Gasteiger partial charge on any atom is 0.137 e. The van der Waals surface area contributed by atoms with Crippen LogP contribution in [0, 0.1) is 5.92 Å². The zero-order valence-corrected chi connectivity index (χ0v) is 8.48. The first kappa shape index (κ1) is 9.68. The molecule has 1 aromatic heterocycles.